The first kappa shape index (κ1) is 18.2. The maximum Gasteiger partial charge on any atom is 0.416 e. The molecule has 8 heteroatoms. The first-order chi connectivity index (χ1) is 12.2. The second-order valence-electron chi connectivity index (χ2n) is 6.56. The molecule has 2 N–H and O–H groups in total. The third-order valence-corrected chi connectivity index (χ3v) is 4.90. The quantitative estimate of drug-likeness (QED) is 0.856. The van der Waals surface area contributed by atoms with Crippen molar-refractivity contribution < 1.29 is 28.2 Å². The molecule has 0 atom stereocenters. The fraction of sp³-hybridized carbons (Fsp3) is 0.389. The lowest BCUT2D eigenvalue weighted by molar-refractivity contribution is -0.137. The number of nitrogens with zero attached hydrogens (tertiary/aromatic N) is 2. The summed E-state index contributed by atoms with van der Waals surface area (Å²) in [6.07, 6.45) is 0.309. The van der Waals surface area contributed by atoms with Gasteiger partial charge < -0.3 is 10.2 Å². The average molecular weight is 366 g/mol. The zero-order chi connectivity index (χ0) is 18.9. The van der Waals surface area contributed by atoms with Gasteiger partial charge in [-0.25, -0.2) is 14.8 Å². The Labute approximate surface area is 147 Å². The van der Waals surface area contributed by atoms with Crippen molar-refractivity contribution in [1.82, 2.24) is 9.97 Å². The molecule has 0 saturated heterocycles. The van der Waals surface area contributed by atoms with E-state index in [4.69, 9.17) is 5.11 Å². The molecule has 0 unspecified atom stereocenters. The predicted octanol–water partition coefficient (Wildman–Crippen LogP) is 3.95. The van der Waals surface area contributed by atoms with E-state index in [9.17, 15) is 23.1 Å². The lowest BCUT2D eigenvalue weighted by Crippen LogP contribution is -2.27. The Morgan fingerprint density at radius 3 is 2.31 bits per heavy atom. The second kappa shape index (κ2) is 6.59. The van der Waals surface area contributed by atoms with Crippen LogP contribution in [-0.2, 0) is 18.0 Å². The molecular formula is C18H17F3N2O3. The van der Waals surface area contributed by atoms with Gasteiger partial charge in [0.25, 0.3) is 0 Å². The van der Waals surface area contributed by atoms with Gasteiger partial charge in [-0.15, -0.1) is 0 Å². The molecule has 1 saturated carbocycles. The number of alkyl halides is 3. The Bertz CT molecular complexity index is 813. The maximum absolute atomic E-state index is 12.8. The molecule has 138 valence electrons. The van der Waals surface area contributed by atoms with Gasteiger partial charge in [-0.3, -0.25) is 0 Å². The van der Waals surface area contributed by atoms with Crippen LogP contribution in [0.2, 0.25) is 0 Å². The van der Waals surface area contributed by atoms with Crippen molar-refractivity contribution in [3.8, 4) is 5.75 Å². The molecule has 0 aliphatic heterocycles. The molecule has 26 heavy (non-hydrogen) atoms. The molecule has 1 aromatic carbocycles. The molecular weight excluding hydrogens is 349 g/mol. The molecule has 1 fully saturated rings. The van der Waals surface area contributed by atoms with Gasteiger partial charge in [-0.1, -0.05) is 25.0 Å². The highest BCUT2D eigenvalue weighted by Gasteiger charge is 2.38. The molecule has 5 nitrogen and oxygen atoms in total. The normalized spacial score (nSPS) is 16.6. The van der Waals surface area contributed by atoms with Crippen LogP contribution in [0, 0.1) is 0 Å². The van der Waals surface area contributed by atoms with Gasteiger partial charge in [-0.2, -0.15) is 13.2 Å². The van der Waals surface area contributed by atoms with E-state index < -0.39 is 34.6 Å². The highest BCUT2D eigenvalue weighted by Crippen LogP contribution is 2.44. The Morgan fingerprint density at radius 1 is 1.15 bits per heavy atom. The van der Waals surface area contributed by atoms with Gasteiger partial charge in [0, 0.05) is 11.8 Å². The van der Waals surface area contributed by atoms with E-state index in [0.29, 0.717) is 6.42 Å². The highest BCUT2D eigenvalue weighted by molar-refractivity contribution is 5.88. The van der Waals surface area contributed by atoms with E-state index in [2.05, 4.69) is 9.97 Å². The number of aromatic carboxylic acids is 1. The van der Waals surface area contributed by atoms with Crippen molar-refractivity contribution in [1.29, 1.82) is 0 Å². The monoisotopic (exact) mass is 366 g/mol. The smallest absolute Gasteiger partial charge is 0.416 e. The minimum absolute atomic E-state index is 0.252. The van der Waals surface area contributed by atoms with Crippen LogP contribution in [0.5, 0.6) is 5.75 Å². The van der Waals surface area contributed by atoms with Crippen molar-refractivity contribution in [3.05, 3.63) is 53.1 Å². The van der Waals surface area contributed by atoms with E-state index in [1.807, 2.05) is 0 Å². The van der Waals surface area contributed by atoms with Crippen molar-refractivity contribution in [2.24, 2.45) is 0 Å². The first-order valence-electron chi connectivity index (χ1n) is 8.17. The number of benzene rings is 1. The minimum atomic E-state index is -4.39. The molecule has 1 aliphatic carbocycles. The lowest BCUT2D eigenvalue weighted by Gasteiger charge is -2.29. The standard InChI is InChI=1S/C18H17F3N2O3/c19-18(20,21)12-5-3-11(4-6-12)17(7-1-2-8-17)9-14-22-10-13(24)15(23-14)16(25)26/h3-6,10,24H,1-2,7-9H2,(H,25,26). The number of aromatic hydroxyl groups is 1. The highest BCUT2D eigenvalue weighted by atomic mass is 19.4. The van der Waals surface area contributed by atoms with Crippen LogP contribution in [0.25, 0.3) is 0 Å². The maximum atomic E-state index is 12.8. The fourth-order valence-electron chi connectivity index (χ4n) is 3.59. The molecule has 2 aromatic rings. The molecule has 1 heterocycles. The number of carboxylic acids is 1. The summed E-state index contributed by atoms with van der Waals surface area (Å²) in [6, 6.07) is 5.09. The fourth-order valence-corrected chi connectivity index (χ4v) is 3.59. The second-order valence-corrected chi connectivity index (χ2v) is 6.56. The molecule has 1 aliphatic rings. The number of rotatable bonds is 4. The summed E-state index contributed by atoms with van der Waals surface area (Å²) in [6.45, 7) is 0. The van der Waals surface area contributed by atoms with Crippen molar-refractivity contribution in [3.63, 3.8) is 0 Å². The van der Waals surface area contributed by atoms with E-state index in [0.717, 1.165) is 49.6 Å². The van der Waals surface area contributed by atoms with Crippen LogP contribution in [-0.4, -0.2) is 26.2 Å². The van der Waals surface area contributed by atoms with Gasteiger partial charge >= 0.3 is 12.1 Å². The van der Waals surface area contributed by atoms with Gasteiger partial charge in [-0.05, 0) is 30.5 Å². The largest absolute Gasteiger partial charge is 0.504 e. The van der Waals surface area contributed by atoms with Crippen molar-refractivity contribution >= 4 is 5.97 Å². The van der Waals surface area contributed by atoms with E-state index in [1.165, 1.54) is 12.1 Å². The Morgan fingerprint density at radius 2 is 1.77 bits per heavy atom. The summed E-state index contributed by atoms with van der Waals surface area (Å²) in [5.41, 5.74) is -0.854. The number of halogens is 3. The van der Waals surface area contributed by atoms with Crippen LogP contribution in [0.1, 0.15) is 53.1 Å². The number of carboxylic acid groups (broad SMARTS) is 1. The summed E-state index contributed by atoms with van der Waals surface area (Å²) in [4.78, 5) is 19.1. The predicted molar refractivity (Wildman–Crippen MR) is 86.0 cm³/mol. The van der Waals surface area contributed by atoms with Gasteiger partial charge in [0.1, 0.15) is 5.82 Å². The van der Waals surface area contributed by atoms with Gasteiger partial charge in [0.05, 0.1) is 11.8 Å². The Hall–Kier alpha value is -2.64. The third kappa shape index (κ3) is 3.49. The topological polar surface area (TPSA) is 83.3 Å². The SMILES string of the molecule is O=C(O)c1nc(CC2(c3ccc(C(F)(F)F)cc3)CCCC2)ncc1O. The summed E-state index contributed by atoms with van der Waals surface area (Å²) in [7, 11) is 0. The molecule has 0 spiro atoms. The van der Waals surface area contributed by atoms with E-state index >= 15 is 0 Å². The van der Waals surface area contributed by atoms with Crippen LogP contribution in [0.15, 0.2) is 30.5 Å². The Balaban J connectivity index is 1.94. The molecule has 0 radical (unpaired) electrons. The average Bonchev–Trinajstić information content (AvgIpc) is 3.05. The third-order valence-electron chi connectivity index (χ3n) is 4.90. The number of hydrogen-bond acceptors (Lipinski definition) is 4. The summed E-state index contributed by atoms with van der Waals surface area (Å²) < 4.78 is 38.4. The van der Waals surface area contributed by atoms with Crippen LogP contribution in [0.4, 0.5) is 13.2 Å². The van der Waals surface area contributed by atoms with Crippen LogP contribution in [0.3, 0.4) is 0 Å². The zero-order valence-electron chi connectivity index (χ0n) is 13.8. The summed E-state index contributed by atoms with van der Waals surface area (Å²) in [5, 5.41) is 18.6. The van der Waals surface area contributed by atoms with Crippen LogP contribution < -0.4 is 0 Å². The lowest BCUT2D eigenvalue weighted by atomic mass is 9.75. The molecule has 3 rings (SSSR count). The summed E-state index contributed by atoms with van der Waals surface area (Å²) >= 11 is 0. The van der Waals surface area contributed by atoms with Crippen LogP contribution >= 0.6 is 0 Å². The first-order valence-corrected chi connectivity index (χ1v) is 8.17. The number of carbonyl (C=O) groups is 1. The van der Waals surface area contributed by atoms with E-state index in [-0.39, 0.29) is 5.82 Å². The Kier molecular flexibility index (Phi) is 4.60. The number of hydrogen-bond donors (Lipinski definition) is 2. The van der Waals surface area contributed by atoms with E-state index in [1.54, 1.807) is 0 Å². The van der Waals surface area contributed by atoms with Gasteiger partial charge in [0.15, 0.2) is 11.4 Å². The summed E-state index contributed by atoms with van der Waals surface area (Å²) in [5.74, 6) is -1.63. The molecule has 0 amide bonds. The number of aromatic nitrogens is 2. The van der Waals surface area contributed by atoms with Crippen molar-refractivity contribution in [2.75, 3.05) is 0 Å². The minimum Gasteiger partial charge on any atom is -0.504 e. The van der Waals surface area contributed by atoms with Crippen molar-refractivity contribution in [2.45, 2.75) is 43.7 Å². The molecule has 1 aromatic heterocycles. The molecule has 0 bridgehead atoms. The van der Waals surface area contributed by atoms with Gasteiger partial charge in [0.2, 0.25) is 0 Å². The zero-order valence-corrected chi connectivity index (χ0v) is 13.8.